The summed E-state index contributed by atoms with van der Waals surface area (Å²) < 4.78 is 5.44. The number of nitrogens with one attached hydrogen (secondary N) is 1. The topological polar surface area (TPSA) is 67.6 Å². The van der Waals surface area contributed by atoms with Crippen molar-refractivity contribution in [1.82, 2.24) is 10.2 Å². The summed E-state index contributed by atoms with van der Waals surface area (Å²) in [6.07, 6.45) is 4.76. The van der Waals surface area contributed by atoms with Crippen molar-refractivity contribution in [1.29, 1.82) is 0 Å². The summed E-state index contributed by atoms with van der Waals surface area (Å²) in [5.41, 5.74) is 7.33. The van der Waals surface area contributed by atoms with Gasteiger partial charge in [-0.3, -0.25) is 9.69 Å². The maximum Gasteiger partial charge on any atom is 0.223 e. The van der Waals surface area contributed by atoms with Gasteiger partial charge in [-0.1, -0.05) is 36.8 Å². The third kappa shape index (κ3) is 5.80. The highest BCUT2D eigenvalue weighted by Crippen LogP contribution is 2.23. The molecule has 3 N–H and O–H groups in total. The van der Waals surface area contributed by atoms with Crippen LogP contribution in [0.25, 0.3) is 0 Å². The number of carbonyl (C=O) groups is 1. The largest absolute Gasteiger partial charge is 0.379 e. The first-order valence-electron chi connectivity index (χ1n) is 9.60. The number of benzene rings is 1. The van der Waals surface area contributed by atoms with Gasteiger partial charge in [0.05, 0.1) is 13.2 Å². The number of nitrogens with two attached hydrogens (primary N) is 1. The number of ether oxygens (including phenoxy) is 1. The fraction of sp³-hybridized carbons (Fsp3) is 0.650. The Hall–Kier alpha value is -1.43. The highest BCUT2D eigenvalue weighted by Gasteiger charge is 2.27. The molecule has 5 heteroatoms. The van der Waals surface area contributed by atoms with Crippen LogP contribution in [0.3, 0.4) is 0 Å². The zero-order valence-corrected chi connectivity index (χ0v) is 15.0. The molecule has 3 rings (SSSR count). The lowest BCUT2D eigenvalue weighted by Crippen LogP contribution is -2.50. The van der Waals surface area contributed by atoms with E-state index in [1.54, 1.807) is 0 Å². The van der Waals surface area contributed by atoms with Crippen LogP contribution in [-0.4, -0.2) is 55.7 Å². The quantitative estimate of drug-likeness (QED) is 0.821. The highest BCUT2D eigenvalue weighted by molar-refractivity contribution is 5.79. The minimum Gasteiger partial charge on any atom is -0.379 e. The fourth-order valence-corrected chi connectivity index (χ4v) is 3.94. The van der Waals surface area contributed by atoms with Gasteiger partial charge in [-0.25, -0.2) is 0 Å². The van der Waals surface area contributed by atoms with Crippen molar-refractivity contribution in [2.24, 2.45) is 11.7 Å². The first kappa shape index (κ1) is 18.4. The average molecular weight is 345 g/mol. The van der Waals surface area contributed by atoms with E-state index in [9.17, 15) is 4.79 Å². The molecule has 1 aliphatic heterocycles. The average Bonchev–Trinajstić information content (AvgIpc) is 2.63. The van der Waals surface area contributed by atoms with Crippen LogP contribution in [-0.2, 0) is 16.0 Å². The number of amides is 1. The number of rotatable bonds is 6. The summed E-state index contributed by atoms with van der Waals surface area (Å²) in [5, 5.41) is 3.33. The standard InChI is InChI=1S/C20H31N3O2/c21-18-8-4-7-17(14-18)20(24)22-19(13-16-5-2-1-3-6-16)15-23-9-11-25-12-10-23/h1-3,5-6,17-19H,4,7-15,21H2,(H,22,24). The van der Waals surface area contributed by atoms with Crippen molar-refractivity contribution in [3.63, 3.8) is 0 Å². The molecule has 5 nitrogen and oxygen atoms in total. The van der Waals surface area contributed by atoms with E-state index in [1.165, 1.54) is 5.56 Å². The number of morpholine rings is 1. The van der Waals surface area contributed by atoms with Gasteiger partial charge in [-0.15, -0.1) is 0 Å². The molecule has 0 radical (unpaired) electrons. The summed E-state index contributed by atoms with van der Waals surface area (Å²) in [7, 11) is 0. The molecule has 1 aliphatic carbocycles. The summed E-state index contributed by atoms with van der Waals surface area (Å²) in [5.74, 6) is 0.260. The highest BCUT2D eigenvalue weighted by atomic mass is 16.5. The maximum absolute atomic E-state index is 12.8. The van der Waals surface area contributed by atoms with Crippen LogP contribution >= 0.6 is 0 Å². The fourth-order valence-electron chi connectivity index (χ4n) is 3.94. The molecule has 138 valence electrons. The Kier molecular flexibility index (Phi) is 6.84. The van der Waals surface area contributed by atoms with Gasteiger partial charge in [0.1, 0.15) is 0 Å². The Morgan fingerprint density at radius 2 is 2.00 bits per heavy atom. The molecular formula is C20H31N3O2. The number of hydrogen-bond acceptors (Lipinski definition) is 4. The Morgan fingerprint density at radius 1 is 1.24 bits per heavy atom. The third-order valence-electron chi connectivity index (χ3n) is 5.34. The van der Waals surface area contributed by atoms with E-state index < -0.39 is 0 Å². The second-order valence-corrected chi connectivity index (χ2v) is 7.43. The van der Waals surface area contributed by atoms with Crippen molar-refractivity contribution in [2.45, 2.75) is 44.2 Å². The predicted octanol–water partition coefficient (Wildman–Crippen LogP) is 1.56. The second-order valence-electron chi connectivity index (χ2n) is 7.43. The molecule has 1 saturated heterocycles. The molecule has 0 aromatic heterocycles. The van der Waals surface area contributed by atoms with E-state index in [2.05, 4.69) is 34.5 Å². The molecule has 0 bridgehead atoms. The van der Waals surface area contributed by atoms with Crippen molar-refractivity contribution in [2.75, 3.05) is 32.8 Å². The molecule has 2 fully saturated rings. The van der Waals surface area contributed by atoms with Crippen LogP contribution in [0.2, 0.25) is 0 Å². The normalized spacial score (nSPS) is 26.1. The smallest absolute Gasteiger partial charge is 0.223 e. The van der Waals surface area contributed by atoms with Crippen LogP contribution in [0.5, 0.6) is 0 Å². The van der Waals surface area contributed by atoms with Crippen LogP contribution < -0.4 is 11.1 Å². The van der Waals surface area contributed by atoms with E-state index in [-0.39, 0.29) is 23.9 Å². The van der Waals surface area contributed by atoms with Gasteiger partial charge in [-0.2, -0.15) is 0 Å². The monoisotopic (exact) mass is 345 g/mol. The summed E-state index contributed by atoms with van der Waals surface area (Å²) in [4.78, 5) is 15.2. The first-order valence-corrected chi connectivity index (χ1v) is 9.60. The lowest BCUT2D eigenvalue weighted by Gasteiger charge is -2.32. The molecule has 25 heavy (non-hydrogen) atoms. The molecule has 1 aromatic rings. The van der Waals surface area contributed by atoms with E-state index >= 15 is 0 Å². The van der Waals surface area contributed by atoms with E-state index in [0.717, 1.165) is 65.0 Å². The van der Waals surface area contributed by atoms with Gasteiger partial charge in [-0.05, 0) is 31.2 Å². The minimum absolute atomic E-state index is 0.0757. The molecule has 1 heterocycles. The van der Waals surface area contributed by atoms with Gasteiger partial charge in [0.15, 0.2) is 0 Å². The van der Waals surface area contributed by atoms with Crippen LogP contribution in [0.15, 0.2) is 30.3 Å². The van der Waals surface area contributed by atoms with Gasteiger partial charge in [0.2, 0.25) is 5.91 Å². The Bertz CT molecular complexity index is 531. The molecule has 3 atom stereocenters. The molecule has 1 saturated carbocycles. The van der Waals surface area contributed by atoms with Crippen molar-refractivity contribution < 1.29 is 9.53 Å². The summed E-state index contributed by atoms with van der Waals surface area (Å²) in [6, 6.07) is 10.7. The van der Waals surface area contributed by atoms with Gasteiger partial charge in [0, 0.05) is 37.6 Å². The van der Waals surface area contributed by atoms with Gasteiger partial charge < -0.3 is 15.8 Å². The zero-order valence-electron chi connectivity index (χ0n) is 15.0. The van der Waals surface area contributed by atoms with Crippen molar-refractivity contribution >= 4 is 5.91 Å². The molecule has 0 spiro atoms. The lowest BCUT2D eigenvalue weighted by atomic mass is 9.85. The lowest BCUT2D eigenvalue weighted by molar-refractivity contribution is -0.127. The van der Waals surface area contributed by atoms with Crippen LogP contribution in [0, 0.1) is 5.92 Å². The van der Waals surface area contributed by atoms with Crippen LogP contribution in [0.1, 0.15) is 31.2 Å². The number of carbonyl (C=O) groups excluding carboxylic acids is 1. The Labute approximate surface area is 150 Å². The molecule has 1 amide bonds. The molecule has 3 unspecified atom stereocenters. The number of hydrogen-bond donors (Lipinski definition) is 2. The maximum atomic E-state index is 12.8. The third-order valence-corrected chi connectivity index (χ3v) is 5.34. The molecular weight excluding hydrogens is 314 g/mol. The molecule has 1 aromatic carbocycles. The van der Waals surface area contributed by atoms with Crippen molar-refractivity contribution in [3.8, 4) is 0 Å². The van der Waals surface area contributed by atoms with Gasteiger partial charge in [0.25, 0.3) is 0 Å². The summed E-state index contributed by atoms with van der Waals surface area (Å²) >= 11 is 0. The first-order chi connectivity index (χ1) is 12.2. The van der Waals surface area contributed by atoms with Gasteiger partial charge >= 0.3 is 0 Å². The van der Waals surface area contributed by atoms with E-state index in [1.807, 2.05) is 6.07 Å². The Morgan fingerprint density at radius 3 is 2.72 bits per heavy atom. The SMILES string of the molecule is NC1CCCC(C(=O)NC(Cc2ccccc2)CN2CCOCC2)C1. The van der Waals surface area contributed by atoms with Crippen LogP contribution in [0.4, 0.5) is 0 Å². The zero-order chi connectivity index (χ0) is 17.5. The van der Waals surface area contributed by atoms with Crippen molar-refractivity contribution in [3.05, 3.63) is 35.9 Å². The second kappa shape index (κ2) is 9.32. The van der Waals surface area contributed by atoms with E-state index in [4.69, 9.17) is 10.5 Å². The predicted molar refractivity (Wildman–Crippen MR) is 99.3 cm³/mol. The summed E-state index contributed by atoms with van der Waals surface area (Å²) in [6.45, 7) is 4.32. The van der Waals surface area contributed by atoms with E-state index in [0.29, 0.717) is 0 Å². The Balaban J connectivity index is 1.61. The molecule has 2 aliphatic rings. The minimum atomic E-state index is 0.0757. The number of nitrogens with zero attached hydrogens (tertiary/aromatic N) is 1.